The predicted octanol–water partition coefficient (Wildman–Crippen LogP) is 5.74. The number of hydrogen-bond acceptors (Lipinski definition) is 5. The summed E-state index contributed by atoms with van der Waals surface area (Å²) in [6.07, 6.45) is 1.46. The zero-order chi connectivity index (χ0) is 25.3. The number of fused-ring (bicyclic) bond motifs is 1. The highest BCUT2D eigenvalue weighted by molar-refractivity contribution is 14.1. The van der Waals surface area contributed by atoms with Gasteiger partial charge in [0.1, 0.15) is 10.6 Å². The second kappa shape index (κ2) is 10.3. The van der Waals surface area contributed by atoms with Crippen LogP contribution in [0.4, 0.5) is 11.4 Å². The molecule has 4 rings (SSSR count). The summed E-state index contributed by atoms with van der Waals surface area (Å²) in [7, 11) is 0. The Morgan fingerprint density at radius 2 is 1.74 bits per heavy atom. The molecule has 0 saturated heterocycles. The summed E-state index contributed by atoms with van der Waals surface area (Å²) in [6, 6.07) is 12.7. The van der Waals surface area contributed by atoms with Crippen molar-refractivity contribution in [3.8, 4) is 0 Å². The van der Waals surface area contributed by atoms with E-state index in [9.17, 15) is 14.4 Å². The number of benzene rings is 2. The first-order valence-electron chi connectivity index (χ1n) is 11.2. The number of carbonyl (C=O) groups excluding carboxylic acids is 2. The average molecular weight is 600 g/mol. The molecule has 2 N–H and O–H groups in total. The van der Waals surface area contributed by atoms with E-state index >= 15 is 0 Å². The summed E-state index contributed by atoms with van der Waals surface area (Å²) in [5.74, 6) is -1.01. The molecule has 2 aromatic carbocycles. The van der Waals surface area contributed by atoms with Crippen LogP contribution in [0.3, 0.4) is 0 Å². The molecule has 0 atom stereocenters. The van der Waals surface area contributed by atoms with Gasteiger partial charge in [0.15, 0.2) is 4.96 Å². The molecule has 0 aliphatic rings. The van der Waals surface area contributed by atoms with E-state index in [4.69, 9.17) is 0 Å². The number of halogens is 1. The molecule has 0 fully saturated rings. The minimum atomic E-state index is -0.543. The van der Waals surface area contributed by atoms with Crippen molar-refractivity contribution in [3.05, 3.63) is 89.3 Å². The number of thiazole rings is 1. The van der Waals surface area contributed by atoms with E-state index in [0.29, 0.717) is 28.5 Å². The molecule has 0 aliphatic heterocycles. The van der Waals surface area contributed by atoms with Crippen LogP contribution >= 0.6 is 33.9 Å². The maximum Gasteiger partial charge on any atom is 0.274 e. The summed E-state index contributed by atoms with van der Waals surface area (Å²) < 4.78 is 2.27. The number of hydrogen-bond donors (Lipinski definition) is 2. The largest absolute Gasteiger partial charge is 0.321 e. The van der Waals surface area contributed by atoms with Crippen LogP contribution in [0.1, 0.15) is 55.9 Å². The van der Waals surface area contributed by atoms with E-state index < -0.39 is 11.8 Å². The SMILES string of the molecule is CCCc1cc(=O)n2c(C(=O)Nc3ccc(I)cc3C)c(C(=O)Nc3cccc(C)c3C)sc2n1. The number of aromatic nitrogens is 2. The summed E-state index contributed by atoms with van der Waals surface area (Å²) >= 11 is 3.24. The first-order chi connectivity index (χ1) is 16.7. The van der Waals surface area contributed by atoms with Crippen molar-refractivity contribution in [2.45, 2.75) is 40.5 Å². The van der Waals surface area contributed by atoms with Crippen LogP contribution in [0.2, 0.25) is 0 Å². The molecule has 9 heteroatoms. The van der Waals surface area contributed by atoms with Gasteiger partial charge in [-0.2, -0.15) is 0 Å². The highest BCUT2D eigenvalue weighted by atomic mass is 127. The molecule has 0 radical (unpaired) electrons. The fourth-order valence-electron chi connectivity index (χ4n) is 3.78. The second-order valence-corrected chi connectivity index (χ2v) is 10.6. The Morgan fingerprint density at radius 3 is 2.46 bits per heavy atom. The molecule has 0 saturated carbocycles. The Kier molecular flexibility index (Phi) is 7.36. The van der Waals surface area contributed by atoms with E-state index in [1.165, 1.54) is 10.5 Å². The number of nitrogens with zero attached hydrogens (tertiary/aromatic N) is 2. The van der Waals surface area contributed by atoms with Crippen LogP contribution in [-0.4, -0.2) is 21.2 Å². The first kappa shape index (κ1) is 25.1. The van der Waals surface area contributed by atoms with E-state index in [1.807, 2.05) is 58.0 Å². The fourth-order valence-corrected chi connectivity index (χ4v) is 5.47. The minimum absolute atomic E-state index is 0.0219. The topological polar surface area (TPSA) is 92.6 Å². The molecular weight excluding hydrogens is 575 g/mol. The molecule has 4 aromatic rings. The van der Waals surface area contributed by atoms with Gasteiger partial charge >= 0.3 is 0 Å². The third-order valence-electron chi connectivity index (χ3n) is 5.79. The zero-order valence-corrected chi connectivity index (χ0v) is 22.8. The van der Waals surface area contributed by atoms with Crippen molar-refractivity contribution in [2.24, 2.45) is 0 Å². The van der Waals surface area contributed by atoms with Gasteiger partial charge in [-0.05, 0) is 90.7 Å². The van der Waals surface area contributed by atoms with Gasteiger partial charge in [0.05, 0.1) is 0 Å². The van der Waals surface area contributed by atoms with Crippen LogP contribution in [-0.2, 0) is 6.42 Å². The van der Waals surface area contributed by atoms with E-state index in [2.05, 4.69) is 38.2 Å². The second-order valence-electron chi connectivity index (χ2n) is 8.35. The van der Waals surface area contributed by atoms with Gasteiger partial charge in [-0.3, -0.25) is 14.4 Å². The van der Waals surface area contributed by atoms with Gasteiger partial charge in [-0.25, -0.2) is 9.38 Å². The van der Waals surface area contributed by atoms with Crippen molar-refractivity contribution < 1.29 is 9.59 Å². The van der Waals surface area contributed by atoms with E-state index in [0.717, 1.165) is 38.0 Å². The molecule has 2 heterocycles. The van der Waals surface area contributed by atoms with Crippen LogP contribution in [0.25, 0.3) is 4.96 Å². The Morgan fingerprint density at radius 1 is 1.00 bits per heavy atom. The monoisotopic (exact) mass is 600 g/mol. The number of aryl methyl sites for hydroxylation is 3. The maximum atomic E-state index is 13.5. The molecule has 0 bridgehead atoms. The lowest BCUT2D eigenvalue weighted by molar-refractivity contribution is 0.0989. The van der Waals surface area contributed by atoms with Crippen molar-refractivity contribution >= 4 is 62.1 Å². The number of amides is 2. The average Bonchev–Trinajstić information content (AvgIpc) is 3.19. The van der Waals surface area contributed by atoms with Gasteiger partial charge in [0.25, 0.3) is 17.4 Å². The van der Waals surface area contributed by atoms with Crippen LogP contribution in [0.15, 0.2) is 47.3 Å². The zero-order valence-electron chi connectivity index (χ0n) is 19.9. The lowest BCUT2D eigenvalue weighted by Crippen LogP contribution is -2.25. The Hall–Kier alpha value is -3.05. The van der Waals surface area contributed by atoms with Crippen molar-refractivity contribution in [2.75, 3.05) is 10.6 Å². The van der Waals surface area contributed by atoms with Crippen LogP contribution in [0.5, 0.6) is 0 Å². The Labute approximate surface area is 220 Å². The summed E-state index contributed by atoms with van der Waals surface area (Å²) in [4.78, 5) is 45.0. The van der Waals surface area contributed by atoms with Gasteiger partial charge in [0.2, 0.25) is 0 Å². The standard InChI is InChI=1S/C26H25IN4O3S/c1-5-7-18-13-21(32)31-22(24(33)29-19-11-10-17(27)12-15(19)3)23(35-26(31)28-18)25(34)30-20-9-6-8-14(2)16(20)4/h6,8-13H,5,7H2,1-4H3,(H,29,33)(H,30,34). The molecule has 0 spiro atoms. The van der Waals surface area contributed by atoms with Crippen molar-refractivity contribution in [1.29, 1.82) is 0 Å². The molecule has 2 aromatic heterocycles. The minimum Gasteiger partial charge on any atom is -0.321 e. The van der Waals surface area contributed by atoms with Gasteiger partial charge in [0, 0.05) is 26.7 Å². The third-order valence-corrected chi connectivity index (χ3v) is 7.50. The van der Waals surface area contributed by atoms with Crippen molar-refractivity contribution in [1.82, 2.24) is 9.38 Å². The van der Waals surface area contributed by atoms with Gasteiger partial charge in [-0.15, -0.1) is 0 Å². The molecule has 35 heavy (non-hydrogen) atoms. The lowest BCUT2D eigenvalue weighted by atomic mass is 10.1. The fraction of sp³-hybridized carbons (Fsp3) is 0.231. The molecule has 7 nitrogen and oxygen atoms in total. The van der Waals surface area contributed by atoms with Crippen molar-refractivity contribution in [3.63, 3.8) is 0 Å². The van der Waals surface area contributed by atoms with E-state index in [1.54, 1.807) is 6.07 Å². The first-order valence-corrected chi connectivity index (χ1v) is 13.1. The summed E-state index contributed by atoms with van der Waals surface area (Å²) in [5.41, 5.74) is 4.34. The normalized spacial score (nSPS) is 11.0. The maximum absolute atomic E-state index is 13.5. The van der Waals surface area contributed by atoms with Crippen LogP contribution in [0, 0.1) is 24.3 Å². The Bertz CT molecular complexity index is 1520. The quantitative estimate of drug-likeness (QED) is 0.276. The summed E-state index contributed by atoms with van der Waals surface area (Å²) in [6.45, 7) is 7.78. The predicted molar refractivity (Wildman–Crippen MR) is 149 cm³/mol. The van der Waals surface area contributed by atoms with Gasteiger partial charge in [-0.1, -0.05) is 36.8 Å². The molecule has 0 unspecified atom stereocenters. The number of carbonyl (C=O) groups is 2. The molecule has 0 aliphatic carbocycles. The number of rotatable bonds is 6. The third kappa shape index (κ3) is 5.15. The van der Waals surface area contributed by atoms with Crippen LogP contribution < -0.4 is 16.2 Å². The molecule has 2 amide bonds. The number of nitrogens with one attached hydrogen (secondary N) is 2. The lowest BCUT2D eigenvalue weighted by Gasteiger charge is -2.12. The van der Waals surface area contributed by atoms with Gasteiger partial charge < -0.3 is 10.6 Å². The molecule has 180 valence electrons. The smallest absolute Gasteiger partial charge is 0.274 e. The highest BCUT2D eigenvalue weighted by Crippen LogP contribution is 2.26. The Balaban J connectivity index is 1.83. The number of anilines is 2. The summed E-state index contributed by atoms with van der Waals surface area (Å²) in [5, 5.41) is 5.79. The molecular formula is C26H25IN4O3S. The highest BCUT2D eigenvalue weighted by Gasteiger charge is 2.27. The van der Waals surface area contributed by atoms with E-state index in [-0.39, 0.29) is 16.1 Å².